The summed E-state index contributed by atoms with van der Waals surface area (Å²) in [7, 11) is -4.37. The Balaban J connectivity index is 2.16. The average molecular weight is 417 g/mol. The molecule has 0 spiro atoms. The van der Waals surface area contributed by atoms with Crippen LogP contribution in [-0.2, 0) is 10.0 Å². The molecule has 1 amide bonds. The van der Waals surface area contributed by atoms with Gasteiger partial charge in [-0.3, -0.25) is 14.9 Å². The molecule has 0 heterocycles. The molecule has 0 bridgehead atoms. The van der Waals surface area contributed by atoms with E-state index in [1.807, 2.05) is 0 Å². The molecule has 2 rings (SSSR count). The molecule has 0 aliphatic heterocycles. The second-order valence-electron chi connectivity index (χ2n) is 5.63. The number of nitrogens with one attached hydrogen (secondary N) is 2. The number of carbonyl (C=O) groups excluding carboxylic acids is 1. The van der Waals surface area contributed by atoms with Crippen LogP contribution in [0.4, 0.5) is 24.5 Å². The summed E-state index contributed by atoms with van der Waals surface area (Å²) in [5.41, 5.74) is 0.133. The number of carbonyl (C=O) groups is 1. The Labute approximate surface area is 157 Å². The molecule has 2 aromatic carbocycles. The van der Waals surface area contributed by atoms with Crippen LogP contribution in [0, 0.1) is 17.0 Å². The number of nitro groups is 1. The zero-order valence-corrected chi connectivity index (χ0v) is 15.1. The Kier molecular flexibility index (Phi) is 6.04. The Morgan fingerprint density at radius 3 is 2.29 bits per heavy atom. The fourth-order valence-electron chi connectivity index (χ4n) is 2.24. The number of rotatable bonds is 6. The van der Waals surface area contributed by atoms with E-state index in [4.69, 9.17) is 0 Å². The van der Waals surface area contributed by atoms with Crippen LogP contribution in [0.2, 0.25) is 0 Å². The van der Waals surface area contributed by atoms with E-state index in [-0.39, 0.29) is 22.5 Å². The molecule has 0 radical (unpaired) electrons. The van der Waals surface area contributed by atoms with Crippen molar-refractivity contribution in [2.45, 2.75) is 18.0 Å². The highest BCUT2D eigenvalue weighted by Crippen LogP contribution is 2.23. The molecule has 0 aliphatic rings. The summed E-state index contributed by atoms with van der Waals surface area (Å²) in [5, 5.41) is 13.4. The first kappa shape index (κ1) is 21.3. The van der Waals surface area contributed by atoms with Crippen molar-refractivity contribution in [3.8, 4) is 0 Å². The number of anilines is 1. The zero-order chi connectivity index (χ0) is 21.1. The van der Waals surface area contributed by atoms with Crippen LogP contribution >= 0.6 is 0 Å². The van der Waals surface area contributed by atoms with Gasteiger partial charge in [-0.2, -0.15) is 13.2 Å². The summed E-state index contributed by atoms with van der Waals surface area (Å²) in [5.74, 6) is -0.660. The fraction of sp³-hybridized carbons (Fsp3) is 0.188. The van der Waals surface area contributed by atoms with Gasteiger partial charge in [-0.05, 0) is 37.3 Å². The highest BCUT2D eigenvalue weighted by Gasteiger charge is 2.30. The zero-order valence-electron chi connectivity index (χ0n) is 14.3. The molecule has 2 N–H and O–H groups in total. The van der Waals surface area contributed by atoms with Gasteiger partial charge in [0.25, 0.3) is 11.6 Å². The van der Waals surface area contributed by atoms with Gasteiger partial charge in [0.2, 0.25) is 10.0 Å². The molecule has 150 valence electrons. The molecular formula is C16H14F3N3O5S. The van der Waals surface area contributed by atoms with E-state index in [0.29, 0.717) is 0 Å². The third-order valence-corrected chi connectivity index (χ3v) is 5.05. The van der Waals surface area contributed by atoms with Gasteiger partial charge in [-0.25, -0.2) is 13.1 Å². The van der Waals surface area contributed by atoms with Crippen LogP contribution in [0.5, 0.6) is 0 Å². The maximum Gasteiger partial charge on any atom is 0.402 e. The molecule has 8 nitrogen and oxygen atoms in total. The first-order valence-corrected chi connectivity index (χ1v) is 9.11. The number of sulfonamides is 1. The van der Waals surface area contributed by atoms with Crippen molar-refractivity contribution in [3.63, 3.8) is 0 Å². The topological polar surface area (TPSA) is 118 Å². The third-order valence-electron chi connectivity index (χ3n) is 3.63. The second-order valence-corrected chi connectivity index (χ2v) is 7.39. The molecule has 0 atom stereocenters. The summed E-state index contributed by atoms with van der Waals surface area (Å²) in [6, 6.07) is 8.40. The van der Waals surface area contributed by atoms with E-state index < -0.39 is 38.5 Å². The lowest BCUT2D eigenvalue weighted by Gasteiger charge is -2.11. The summed E-state index contributed by atoms with van der Waals surface area (Å²) in [6.07, 6.45) is -4.70. The van der Waals surface area contributed by atoms with Crippen molar-refractivity contribution >= 4 is 27.3 Å². The van der Waals surface area contributed by atoms with E-state index in [2.05, 4.69) is 5.32 Å². The minimum atomic E-state index is -4.70. The number of benzene rings is 2. The predicted octanol–water partition coefficient (Wildman–Crippen LogP) is 3.00. The SMILES string of the molecule is Cc1c(C(=O)Nc2ccc(S(=O)(=O)NCC(F)(F)F)cc2)cccc1[N+](=O)[O-]. The molecule has 28 heavy (non-hydrogen) atoms. The van der Waals surface area contributed by atoms with Gasteiger partial charge in [0.15, 0.2) is 0 Å². The molecule has 0 aromatic heterocycles. The number of hydrogen-bond donors (Lipinski definition) is 2. The van der Waals surface area contributed by atoms with E-state index >= 15 is 0 Å². The van der Waals surface area contributed by atoms with Crippen molar-refractivity contribution in [2.24, 2.45) is 0 Å². The number of nitro benzene ring substituents is 1. The first-order valence-electron chi connectivity index (χ1n) is 7.62. The average Bonchev–Trinajstić information content (AvgIpc) is 2.60. The Morgan fingerprint density at radius 2 is 1.75 bits per heavy atom. The predicted molar refractivity (Wildman–Crippen MR) is 93.5 cm³/mol. The maximum atomic E-state index is 12.3. The minimum absolute atomic E-state index is 0.0535. The van der Waals surface area contributed by atoms with Crippen molar-refractivity contribution in [2.75, 3.05) is 11.9 Å². The number of halogens is 3. The number of nitrogens with zero attached hydrogens (tertiary/aromatic N) is 1. The lowest BCUT2D eigenvalue weighted by atomic mass is 10.1. The Morgan fingerprint density at radius 1 is 1.14 bits per heavy atom. The van der Waals surface area contributed by atoms with Crippen LogP contribution in [0.15, 0.2) is 47.4 Å². The van der Waals surface area contributed by atoms with Gasteiger partial charge in [-0.1, -0.05) is 6.07 Å². The molecule has 2 aromatic rings. The van der Waals surface area contributed by atoms with Crippen molar-refractivity contribution in [3.05, 3.63) is 63.7 Å². The lowest BCUT2D eigenvalue weighted by molar-refractivity contribution is -0.385. The van der Waals surface area contributed by atoms with E-state index in [1.54, 1.807) is 0 Å². The summed E-state index contributed by atoms with van der Waals surface area (Å²) >= 11 is 0. The summed E-state index contributed by atoms with van der Waals surface area (Å²) < 4.78 is 61.6. The first-order chi connectivity index (χ1) is 12.9. The van der Waals surface area contributed by atoms with Crippen molar-refractivity contribution < 1.29 is 31.3 Å². The molecule has 0 aliphatic carbocycles. The van der Waals surface area contributed by atoms with Crippen LogP contribution < -0.4 is 10.0 Å². The smallest absolute Gasteiger partial charge is 0.322 e. The normalized spacial score (nSPS) is 11.9. The van der Waals surface area contributed by atoms with E-state index in [9.17, 15) is 36.5 Å². The Hall–Kier alpha value is -2.99. The van der Waals surface area contributed by atoms with Crippen LogP contribution in [0.25, 0.3) is 0 Å². The molecule has 0 fully saturated rings. The molecule has 0 unspecified atom stereocenters. The minimum Gasteiger partial charge on any atom is -0.322 e. The van der Waals surface area contributed by atoms with Gasteiger partial charge >= 0.3 is 6.18 Å². The lowest BCUT2D eigenvalue weighted by Crippen LogP contribution is -2.33. The highest BCUT2D eigenvalue weighted by atomic mass is 32.2. The maximum absolute atomic E-state index is 12.3. The second kappa shape index (κ2) is 7.94. The number of alkyl halides is 3. The largest absolute Gasteiger partial charge is 0.402 e. The van der Waals surface area contributed by atoms with Crippen LogP contribution in [-0.4, -0.2) is 32.0 Å². The quantitative estimate of drug-likeness (QED) is 0.553. The molecular weight excluding hydrogens is 403 g/mol. The molecule has 0 saturated heterocycles. The van der Waals surface area contributed by atoms with Crippen molar-refractivity contribution in [1.29, 1.82) is 0 Å². The monoisotopic (exact) mass is 417 g/mol. The van der Waals surface area contributed by atoms with Crippen molar-refractivity contribution in [1.82, 2.24) is 4.72 Å². The van der Waals surface area contributed by atoms with Gasteiger partial charge in [0.1, 0.15) is 6.54 Å². The summed E-state index contributed by atoms with van der Waals surface area (Å²) in [6.45, 7) is -0.297. The van der Waals surface area contributed by atoms with Crippen LogP contribution in [0.1, 0.15) is 15.9 Å². The molecule has 0 saturated carbocycles. The fourth-order valence-corrected chi connectivity index (χ4v) is 3.26. The van der Waals surface area contributed by atoms with E-state index in [1.165, 1.54) is 42.0 Å². The standard InChI is InChI=1S/C16H14F3N3O5S/c1-10-13(3-2-4-14(10)22(24)25)15(23)21-11-5-7-12(8-6-11)28(26,27)20-9-16(17,18)19/h2-8,20H,9H2,1H3,(H,21,23). The molecule has 12 heteroatoms. The van der Waals surface area contributed by atoms with Crippen LogP contribution in [0.3, 0.4) is 0 Å². The third kappa shape index (κ3) is 5.27. The van der Waals surface area contributed by atoms with E-state index in [0.717, 1.165) is 12.1 Å². The number of amides is 1. The summed E-state index contributed by atoms with van der Waals surface area (Å²) in [4.78, 5) is 22.2. The van der Waals surface area contributed by atoms with Gasteiger partial charge in [-0.15, -0.1) is 0 Å². The Bertz CT molecular complexity index is 1010. The highest BCUT2D eigenvalue weighted by molar-refractivity contribution is 7.89. The van der Waals surface area contributed by atoms with Gasteiger partial charge in [0.05, 0.1) is 9.82 Å². The van der Waals surface area contributed by atoms with Gasteiger partial charge < -0.3 is 5.32 Å². The number of hydrogen-bond acceptors (Lipinski definition) is 5. The van der Waals surface area contributed by atoms with Gasteiger partial charge in [0, 0.05) is 22.9 Å².